The Morgan fingerprint density at radius 1 is 1.22 bits per heavy atom. The summed E-state index contributed by atoms with van der Waals surface area (Å²) < 4.78 is 22.1. The monoisotopic (exact) mass is 366 g/mol. The van der Waals surface area contributed by atoms with E-state index >= 15 is 0 Å². The second kappa shape index (κ2) is 6.85. The van der Waals surface area contributed by atoms with Crippen LogP contribution >= 0.6 is 0 Å². The molecule has 0 N–H and O–H groups in total. The van der Waals surface area contributed by atoms with E-state index in [1.165, 1.54) is 41.5 Å². The minimum atomic E-state index is -0.550. The number of halogens is 1. The van der Waals surface area contributed by atoms with Crippen LogP contribution in [0.25, 0.3) is 11.2 Å². The van der Waals surface area contributed by atoms with Gasteiger partial charge >= 0.3 is 5.69 Å². The third kappa shape index (κ3) is 2.98. The highest BCUT2D eigenvalue weighted by Crippen LogP contribution is 2.17. The molecule has 3 rings (SSSR count). The zero-order chi connectivity index (χ0) is 19.7. The molecule has 0 saturated carbocycles. The molecule has 0 fully saturated rings. The predicted molar refractivity (Wildman–Crippen MR) is 98.0 cm³/mol. The molecule has 0 aliphatic carbocycles. The van der Waals surface area contributed by atoms with E-state index in [9.17, 15) is 14.0 Å². The molecule has 136 valence electrons. The molecular weight excluding hydrogens is 351 g/mol. The van der Waals surface area contributed by atoms with Crippen LogP contribution < -0.4 is 16.0 Å². The molecule has 0 aliphatic heterocycles. The first-order valence-electron chi connectivity index (χ1n) is 7.84. The molecule has 0 saturated heterocycles. The number of methoxy groups -OCH3 is 1. The molecule has 8 heteroatoms. The standard InChI is InChI=1S/C19H15FN4O3/c1-5-10-24-18(25)16-17(23(3)19(24)26)21-15(22(16)2)9-7-12-6-8-13(20)14(11-12)27-4/h1,6,8,11H,10H2,2-4H3. The van der Waals surface area contributed by atoms with Gasteiger partial charge in [-0.15, -0.1) is 6.42 Å². The number of aromatic nitrogens is 4. The SMILES string of the molecule is C#CCn1c(=O)c2c(nc(C#Cc3ccc(F)c(OC)c3)n2C)n(C)c1=O. The highest BCUT2D eigenvalue weighted by molar-refractivity contribution is 5.72. The molecule has 1 aromatic carbocycles. The fourth-order valence-corrected chi connectivity index (χ4v) is 2.65. The third-order valence-electron chi connectivity index (χ3n) is 4.08. The molecule has 0 spiro atoms. The Kier molecular flexibility index (Phi) is 4.57. The van der Waals surface area contributed by atoms with Crippen LogP contribution in [-0.2, 0) is 20.6 Å². The minimum absolute atomic E-state index is 0.0753. The Morgan fingerprint density at radius 3 is 2.63 bits per heavy atom. The first-order chi connectivity index (χ1) is 12.9. The minimum Gasteiger partial charge on any atom is -0.494 e. The van der Waals surface area contributed by atoms with Crippen LogP contribution in [0.5, 0.6) is 5.75 Å². The van der Waals surface area contributed by atoms with E-state index in [0.717, 1.165) is 4.57 Å². The van der Waals surface area contributed by atoms with Gasteiger partial charge in [0.05, 0.1) is 13.7 Å². The maximum absolute atomic E-state index is 13.5. The summed E-state index contributed by atoms with van der Waals surface area (Å²) in [6, 6.07) is 4.21. The zero-order valence-electron chi connectivity index (χ0n) is 14.9. The lowest BCUT2D eigenvalue weighted by molar-refractivity contribution is 0.386. The zero-order valence-corrected chi connectivity index (χ0v) is 14.9. The Hall–Kier alpha value is -3.78. The van der Waals surface area contributed by atoms with Crippen molar-refractivity contribution in [3.8, 4) is 29.9 Å². The number of ether oxygens (including phenoxy) is 1. The summed E-state index contributed by atoms with van der Waals surface area (Å²) in [6.07, 6.45) is 5.24. The van der Waals surface area contributed by atoms with E-state index in [0.29, 0.717) is 5.56 Å². The Bertz CT molecular complexity index is 1280. The summed E-state index contributed by atoms with van der Waals surface area (Å²) in [5, 5.41) is 0. The van der Waals surface area contributed by atoms with Gasteiger partial charge in [0.2, 0.25) is 0 Å². The van der Waals surface area contributed by atoms with Crippen LogP contribution in [0.3, 0.4) is 0 Å². The molecule has 0 aliphatic rings. The summed E-state index contributed by atoms with van der Waals surface area (Å²) in [7, 11) is 4.49. The van der Waals surface area contributed by atoms with Gasteiger partial charge in [-0.2, -0.15) is 0 Å². The quantitative estimate of drug-likeness (QED) is 0.624. The number of aryl methyl sites for hydroxylation is 2. The maximum Gasteiger partial charge on any atom is 0.333 e. The number of fused-ring (bicyclic) bond motifs is 1. The largest absolute Gasteiger partial charge is 0.494 e. The lowest BCUT2D eigenvalue weighted by Gasteiger charge is -2.05. The number of imidazole rings is 1. The highest BCUT2D eigenvalue weighted by atomic mass is 19.1. The summed E-state index contributed by atoms with van der Waals surface area (Å²) in [5.41, 5.74) is -0.141. The van der Waals surface area contributed by atoms with Crippen molar-refractivity contribution in [1.82, 2.24) is 18.7 Å². The lowest BCUT2D eigenvalue weighted by atomic mass is 10.2. The Balaban J connectivity index is 2.19. The molecule has 3 aromatic rings. The summed E-state index contributed by atoms with van der Waals surface area (Å²) in [6.45, 7) is -0.136. The average molecular weight is 366 g/mol. The smallest absolute Gasteiger partial charge is 0.333 e. The molecule has 0 amide bonds. The van der Waals surface area contributed by atoms with Gasteiger partial charge in [0.15, 0.2) is 28.6 Å². The number of nitrogens with zero attached hydrogens (tertiary/aromatic N) is 4. The normalized spacial score (nSPS) is 10.3. The van der Waals surface area contributed by atoms with E-state index < -0.39 is 17.1 Å². The van der Waals surface area contributed by atoms with Crippen LogP contribution in [0, 0.1) is 30.0 Å². The molecule has 2 heterocycles. The molecule has 0 radical (unpaired) electrons. The van der Waals surface area contributed by atoms with Gasteiger partial charge in [0.25, 0.3) is 5.56 Å². The number of terminal acetylenes is 1. The second-order valence-electron chi connectivity index (χ2n) is 5.70. The average Bonchev–Trinajstić information content (AvgIpc) is 2.99. The van der Waals surface area contributed by atoms with Gasteiger partial charge < -0.3 is 9.30 Å². The number of rotatable bonds is 2. The van der Waals surface area contributed by atoms with E-state index in [4.69, 9.17) is 11.2 Å². The van der Waals surface area contributed by atoms with Crippen molar-refractivity contribution in [3.05, 3.63) is 56.2 Å². The van der Waals surface area contributed by atoms with Gasteiger partial charge in [-0.3, -0.25) is 9.36 Å². The van der Waals surface area contributed by atoms with Crippen LogP contribution in [0.4, 0.5) is 4.39 Å². The van der Waals surface area contributed by atoms with Crippen LogP contribution in [-0.4, -0.2) is 25.8 Å². The molecule has 27 heavy (non-hydrogen) atoms. The van der Waals surface area contributed by atoms with Gasteiger partial charge in [-0.05, 0) is 24.1 Å². The summed E-state index contributed by atoms with van der Waals surface area (Å²) in [4.78, 5) is 29.2. The number of hydrogen-bond acceptors (Lipinski definition) is 4. The fourth-order valence-electron chi connectivity index (χ4n) is 2.65. The number of hydrogen-bond donors (Lipinski definition) is 0. The molecule has 0 atom stereocenters. The van der Waals surface area contributed by atoms with Crippen LogP contribution in [0.1, 0.15) is 11.4 Å². The summed E-state index contributed by atoms with van der Waals surface area (Å²) in [5.74, 6) is 7.84. The van der Waals surface area contributed by atoms with Gasteiger partial charge in [0.1, 0.15) is 0 Å². The van der Waals surface area contributed by atoms with E-state index in [-0.39, 0.29) is 29.3 Å². The van der Waals surface area contributed by atoms with Crippen LogP contribution in [0.2, 0.25) is 0 Å². The first-order valence-corrected chi connectivity index (χ1v) is 7.84. The van der Waals surface area contributed by atoms with Crippen molar-refractivity contribution in [2.75, 3.05) is 7.11 Å². The Labute approximate surface area is 153 Å². The van der Waals surface area contributed by atoms with Crippen molar-refractivity contribution in [1.29, 1.82) is 0 Å². The van der Waals surface area contributed by atoms with Gasteiger partial charge in [-0.25, -0.2) is 18.7 Å². The van der Waals surface area contributed by atoms with E-state index in [1.807, 2.05) is 0 Å². The van der Waals surface area contributed by atoms with Crippen LogP contribution in [0.15, 0.2) is 27.8 Å². The molecule has 7 nitrogen and oxygen atoms in total. The predicted octanol–water partition coefficient (Wildman–Crippen LogP) is 0.614. The molecule has 2 aromatic heterocycles. The molecule has 0 unspecified atom stereocenters. The second-order valence-corrected chi connectivity index (χ2v) is 5.70. The van der Waals surface area contributed by atoms with Gasteiger partial charge in [-0.1, -0.05) is 11.8 Å². The lowest BCUT2D eigenvalue weighted by Crippen LogP contribution is -2.39. The highest BCUT2D eigenvalue weighted by Gasteiger charge is 2.17. The molecular formula is C19H15FN4O3. The van der Waals surface area contributed by atoms with Crippen molar-refractivity contribution >= 4 is 11.2 Å². The van der Waals surface area contributed by atoms with Crippen molar-refractivity contribution in [2.24, 2.45) is 14.1 Å². The number of benzene rings is 1. The third-order valence-corrected chi connectivity index (χ3v) is 4.08. The molecule has 0 bridgehead atoms. The van der Waals surface area contributed by atoms with Crippen molar-refractivity contribution in [2.45, 2.75) is 6.54 Å². The van der Waals surface area contributed by atoms with Crippen molar-refractivity contribution in [3.63, 3.8) is 0 Å². The topological polar surface area (TPSA) is 71.1 Å². The van der Waals surface area contributed by atoms with E-state index in [2.05, 4.69) is 22.7 Å². The maximum atomic E-state index is 13.5. The Morgan fingerprint density at radius 2 is 1.96 bits per heavy atom. The summed E-state index contributed by atoms with van der Waals surface area (Å²) >= 11 is 0. The van der Waals surface area contributed by atoms with Gasteiger partial charge in [0, 0.05) is 19.7 Å². The first kappa shape index (κ1) is 18.0. The van der Waals surface area contributed by atoms with E-state index in [1.54, 1.807) is 7.05 Å². The fraction of sp³-hybridized carbons (Fsp3) is 0.211. The van der Waals surface area contributed by atoms with Crippen molar-refractivity contribution < 1.29 is 9.13 Å².